The molecule has 19 heavy (non-hydrogen) atoms. The Hall–Kier alpha value is -1.88. The third-order valence-corrected chi connectivity index (χ3v) is 3.67. The molecule has 0 saturated heterocycles. The number of carbonyl (C=O) groups excluding carboxylic acids is 1. The van der Waals surface area contributed by atoms with Gasteiger partial charge < -0.3 is 5.32 Å². The van der Waals surface area contributed by atoms with Crippen molar-refractivity contribution in [3.63, 3.8) is 0 Å². The minimum atomic E-state index is -0.222. The summed E-state index contributed by atoms with van der Waals surface area (Å²) in [4.78, 5) is 17.3. The Morgan fingerprint density at radius 3 is 2.68 bits per heavy atom. The molecule has 2 N–H and O–H groups in total. The highest BCUT2D eigenvalue weighted by molar-refractivity contribution is 7.15. The van der Waals surface area contributed by atoms with Crippen molar-refractivity contribution in [1.82, 2.24) is 10.3 Å². The lowest BCUT2D eigenvalue weighted by atomic mass is 10.2. The van der Waals surface area contributed by atoms with Crippen molar-refractivity contribution >= 4 is 22.5 Å². The van der Waals surface area contributed by atoms with E-state index in [1.807, 2.05) is 37.3 Å². The first-order chi connectivity index (χ1) is 9.19. The second kappa shape index (κ2) is 6.33. The van der Waals surface area contributed by atoms with Gasteiger partial charge in [-0.05, 0) is 18.9 Å². The van der Waals surface area contributed by atoms with Crippen LogP contribution in [-0.4, -0.2) is 11.0 Å². The molecule has 1 aromatic heterocycles. The second-order valence-electron chi connectivity index (χ2n) is 4.17. The zero-order valence-corrected chi connectivity index (χ0v) is 11.9. The molecule has 0 spiro atoms. The maximum atomic E-state index is 11.7. The van der Waals surface area contributed by atoms with Gasteiger partial charge in [0.25, 0.3) is 0 Å². The Bertz CT molecular complexity index is 551. The summed E-state index contributed by atoms with van der Waals surface area (Å²) in [6.07, 6.45) is 0.885. The van der Waals surface area contributed by atoms with Crippen LogP contribution in [0.4, 0.5) is 9.93 Å². The summed E-state index contributed by atoms with van der Waals surface area (Å²) in [5.41, 5.74) is 2.12. The molecule has 0 aliphatic rings. The summed E-state index contributed by atoms with van der Waals surface area (Å²) >= 11 is 1.51. The van der Waals surface area contributed by atoms with E-state index in [4.69, 9.17) is 0 Å². The van der Waals surface area contributed by atoms with Crippen LogP contribution in [0.1, 0.15) is 23.1 Å². The van der Waals surface area contributed by atoms with Gasteiger partial charge in [0.05, 0.1) is 5.69 Å². The third kappa shape index (κ3) is 3.79. The van der Waals surface area contributed by atoms with E-state index in [0.717, 1.165) is 22.6 Å². The Morgan fingerprint density at radius 2 is 2.05 bits per heavy atom. The van der Waals surface area contributed by atoms with Crippen molar-refractivity contribution in [3.8, 4) is 0 Å². The zero-order valence-electron chi connectivity index (χ0n) is 11.1. The Morgan fingerprint density at radius 1 is 1.32 bits per heavy atom. The molecule has 0 unspecified atom stereocenters. The van der Waals surface area contributed by atoms with Crippen molar-refractivity contribution < 1.29 is 4.79 Å². The summed E-state index contributed by atoms with van der Waals surface area (Å²) in [7, 11) is 0. The molecule has 0 aliphatic carbocycles. The van der Waals surface area contributed by atoms with Crippen LogP contribution in [0.15, 0.2) is 30.3 Å². The van der Waals surface area contributed by atoms with Gasteiger partial charge in [0.2, 0.25) is 0 Å². The Kier molecular flexibility index (Phi) is 4.52. The minimum absolute atomic E-state index is 0.222. The van der Waals surface area contributed by atoms with Crippen LogP contribution < -0.4 is 10.6 Å². The summed E-state index contributed by atoms with van der Waals surface area (Å²) in [5.74, 6) is 0. The van der Waals surface area contributed by atoms with E-state index in [9.17, 15) is 4.79 Å². The molecule has 0 saturated carbocycles. The van der Waals surface area contributed by atoms with Gasteiger partial charge in [-0.1, -0.05) is 37.3 Å². The monoisotopic (exact) mass is 275 g/mol. The van der Waals surface area contributed by atoms with Gasteiger partial charge in [-0.25, -0.2) is 9.78 Å². The van der Waals surface area contributed by atoms with Crippen molar-refractivity contribution in [2.45, 2.75) is 26.8 Å². The number of hydrogen-bond donors (Lipinski definition) is 2. The lowest BCUT2D eigenvalue weighted by Crippen LogP contribution is -2.28. The molecule has 1 aromatic carbocycles. The average molecular weight is 275 g/mol. The van der Waals surface area contributed by atoms with Crippen LogP contribution in [0, 0.1) is 6.92 Å². The molecule has 100 valence electrons. The summed E-state index contributed by atoms with van der Waals surface area (Å²) in [5, 5.41) is 6.23. The SMILES string of the molecule is CCc1nc(NC(=O)NCc2ccccc2)sc1C. The first-order valence-corrected chi connectivity index (χ1v) is 7.05. The average Bonchev–Trinajstić information content (AvgIpc) is 2.77. The quantitative estimate of drug-likeness (QED) is 0.899. The highest BCUT2D eigenvalue weighted by Crippen LogP contribution is 2.22. The molecular formula is C14H17N3OS. The highest BCUT2D eigenvalue weighted by atomic mass is 32.1. The smallest absolute Gasteiger partial charge is 0.321 e. The molecule has 0 fully saturated rings. The molecule has 2 amide bonds. The maximum absolute atomic E-state index is 11.7. The van der Waals surface area contributed by atoms with E-state index < -0.39 is 0 Å². The third-order valence-electron chi connectivity index (χ3n) is 2.74. The number of carbonyl (C=O) groups is 1. The van der Waals surface area contributed by atoms with Crippen LogP contribution in [-0.2, 0) is 13.0 Å². The lowest BCUT2D eigenvalue weighted by molar-refractivity contribution is 0.251. The van der Waals surface area contributed by atoms with Gasteiger partial charge >= 0.3 is 6.03 Å². The van der Waals surface area contributed by atoms with Crippen molar-refractivity contribution in [2.75, 3.05) is 5.32 Å². The number of nitrogens with zero attached hydrogens (tertiary/aromatic N) is 1. The van der Waals surface area contributed by atoms with Gasteiger partial charge in [0.15, 0.2) is 5.13 Å². The summed E-state index contributed by atoms with van der Waals surface area (Å²) < 4.78 is 0. The van der Waals surface area contributed by atoms with E-state index in [1.54, 1.807) is 0 Å². The second-order valence-corrected chi connectivity index (χ2v) is 5.37. The first kappa shape index (κ1) is 13.5. The van der Waals surface area contributed by atoms with E-state index in [-0.39, 0.29) is 6.03 Å². The van der Waals surface area contributed by atoms with Crippen LogP contribution in [0.5, 0.6) is 0 Å². The standard InChI is InChI=1S/C14H17N3OS/c1-3-12-10(2)19-14(16-12)17-13(18)15-9-11-7-5-4-6-8-11/h4-8H,3,9H2,1-2H3,(H2,15,16,17,18). The van der Waals surface area contributed by atoms with E-state index >= 15 is 0 Å². The molecular weight excluding hydrogens is 258 g/mol. The van der Waals surface area contributed by atoms with Crippen molar-refractivity contribution in [1.29, 1.82) is 0 Å². The first-order valence-electron chi connectivity index (χ1n) is 6.24. The van der Waals surface area contributed by atoms with Crippen LogP contribution in [0.25, 0.3) is 0 Å². The number of urea groups is 1. The van der Waals surface area contributed by atoms with Crippen molar-refractivity contribution in [3.05, 3.63) is 46.5 Å². The zero-order chi connectivity index (χ0) is 13.7. The molecule has 0 atom stereocenters. The predicted octanol–water partition coefficient (Wildman–Crippen LogP) is 3.34. The van der Waals surface area contributed by atoms with Gasteiger partial charge in [0.1, 0.15) is 0 Å². The summed E-state index contributed by atoms with van der Waals surface area (Å²) in [6.45, 7) is 4.59. The van der Waals surface area contributed by atoms with E-state index in [0.29, 0.717) is 11.7 Å². The largest absolute Gasteiger partial charge is 0.334 e. The summed E-state index contributed by atoms with van der Waals surface area (Å²) in [6, 6.07) is 9.58. The molecule has 2 aromatic rings. The number of thiazole rings is 1. The maximum Gasteiger partial charge on any atom is 0.321 e. The number of aryl methyl sites for hydroxylation is 2. The molecule has 4 nitrogen and oxygen atoms in total. The molecule has 0 aliphatic heterocycles. The van der Waals surface area contributed by atoms with E-state index in [2.05, 4.69) is 22.5 Å². The molecule has 2 rings (SSSR count). The number of aromatic nitrogens is 1. The fourth-order valence-electron chi connectivity index (χ4n) is 1.73. The molecule has 5 heteroatoms. The Labute approximate surface area is 116 Å². The molecule has 0 bridgehead atoms. The number of benzene rings is 1. The highest BCUT2D eigenvalue weighted by Gasteiger charge is 2.08. The van der Waals surface area contributed by atoms with Gasteiger partial charge in [-0.2, -0.15) is 0 Å². The number of amides is 2. The van der Waals surface area contributed by atoms with Gasteiger partial charge in [-0.15, -0.1) is 11.3 Å². The fourth-order valence-corrected chi connectivity index (χ4v) is 2.63. The molecule has 1 heterocycles. The Balaban J connectivity index is 1.87. The van der Waals surface area contributed by atoms with Gasteiger partial charge in [-0.3, -0.25) is 5.32 Å². The van der Waals surface area contributed by atoms with Crippen molar-refractivity contribution in [2.24, 2.45) is 0 Å². The molecule has 0 radical (unpaired) electrons. The number of nitrogens with one attached hydrogen (secondary N) is 2. The normalized spacial score (nSPS) is 10.2. The van der Waals surface area contributed by atoms with Crippen LogP contribution >= 0.6 is 11.3 Å². The predicted molar refractivity (Wildman–Crippen MR) is 78.5 cm³/mol. The minimum Gasteiger partial charge on any atom is -0.334 e. The van der Waals surface area contributed by atoms with Crippen LogP contribution in [0.2, 0.25) is 0 Å². The lowest BCUT2D eigenvalue weighted by Gasteiger charge is -2.05. The number of anilines is 1. The number of hydrogen-bond acceptors (Lipinski definition) is 3. The topological polar surface area (TPSA) is 54.0 Å². The van der Waals surface area contributed by atoms with E-state index in [1.165, 1.54) is 11.3 Å². The number of rotatable bonds is 4. The fraction of sp³-hybridized carbons (Fsp3) is 0.286. The van der Waals surface area contributed by atoms with Crippen LogP contribution in [0.3, 0.4) is 0 Å². The van der Waals surface area contributed by atoms with Gasteiger partial charge in [0, 0.05) is 11.4 Å².